The lowest BCUT2D eigenvalue weighted by molar-refractivity contribution is -0.125. The van der Waals surface area contributed by atoms with Gasteiger partial charge in [-0.05, 0) is 33.6 Å². The van der Waals surface area contributed by atoms with Crippen molar-refractivity contribution in [3.05, 3.63) is 17.8 Å². The Bertz CT molecular complexity index is 401. The van der Waals surface area contributed by atoms with Gasteiger partial charge in [-0.1, -0.05) is 13.3 Å². The van der Waals surface area contributed by atoms with Crippen molar-refractivity contribution in [2.75, 3.05) is 0 Å². The van der Waals surface area contributed by atoms with Crippen molar-refractivity contribution < 1.29 is 9.21 Å². The number of aryl methyl sites for hydroxylation is 1. The molecule has 0 fully saturated rings. The Morgan fingerprint density at radius 1 is 1.42 bits per heavy atom. The van der Waals surface area contributed by atoms with Crippen molar-refractivity contribution >= 4 is 5.91 Å². The standard InChI is InChI=1S/C14H25N3O2/c1-9(6-5-7-10(2)15)13(18)17-12(4)14-16-8-11(3)19-14/h8-10,12H,5-7,15H2,1-4H3,(H,17,18). The van der Waals surface area contributed by atoms with Gasteiger partial charge in [0.1, 0.15) is 11.8 Å². The molecule has 0 saturated carbocycles. The zero-order valence-electron chi connectivity index (χ0n) is 12.3. The van der Waals surface area contributed by atoms with Crippen molar-refractivity contribution in [1.29, 1.82) is 0 Å². The van der Waals surface area contributed by atoms with E-state index in [0.29, 0.717) is 5.89 Å². The van der Waals surface area contributed by atoms with Crippen LogP contribution >= 0.6 is 0 Å². The Balaban J connectivity index is 2.37. The highest BCUT2D eigenvalue weighted by Gasteiger charge is 2.18. The molecule has 0 aromatic carbocycles. The molecule has 0 radical (unpaired) electrons. The van der Waals surface area contributed by atoms with E-state index in [2.05, 4.69) is 10.3 Å². The highest BCUT2D eigenvalue weighted by molar-refractivity contribution is 5.78. The minimum Gasteiger partial charge on any atom is -0.444 e. The first-order valence-electron chi connectivity index (χ1n) is 6.88. The van der Waals surface area contributed by atoms with Crippen molar-refractivity contribution in [2.45, 2.75) is 59.0 Å². The first-order valence-corrected chi connectivity index (χ1v) is 6.88. The van der Waals surface area contributed by atoms with Crippen LogP contribution < -0.4 is 11.1 Å². The van der Waals surface area contributed by atoms with E-state index in [1.54, 1.807) is 6.20 Å². The van der Waals surface area contributed by atoms with Crippen LogP contribution in [0.2, 0.25) is 0 Å². The predicted octanol–water partition coefficient (Wildman–Crippen LogP) is 2.31. The van der Waals surface area contributed by atoms with E-state index in [-0.39, 0.29) is 23.9 Å². The molecule has 1 aromatic heterocycles. The van der Waals surface area contributed by atoms with Crippen molar-refractivity contribution in [3.8, 4) is 0 Å². The number of carbonyl (C=O) groups excluding carboxylic acids is 1. The molecule has 1 aromatic rings. The molecule has 0 aliphatic heterocycles. The zero-order chi connectivity index (χ0) is 14.4. The number of carbonyl (C=O) groups is 1. The van der Waals surface area contributed by atoms with Gasteiger partial charge in [-0.15, -0.1) is 0 Å². The second-order valence-electron chi connectivity index (χ2n) is 5.35. The van der Waals surface area contributed by atoms with Gasteiger partial charge in [0.05, 0.1) is 6.20 Å². The summed E-state index contributed by atoms with van der Waals surface area (Å²) < 4.78 is 5.40. The molecule has 0 spiro atoms. The van der Waals surface area contributed by atoms with E-state index in [9.17, 15) is 4.79 Å². The molecule has 3 atom stereocenters. The first-order chi connectivity index (χ1) is 8.90. The van der Waals surface area contributed by atoms with Gasteiger partial charge < -0.3 is 15.5 Å². The summed E-state index contributed by atoms with van der Waals surface area (Å²) in [6.07, 6.45) is 4.43. The van der Waals surface area contributed by atoms with E-state index >= 15 is 0 Å². The third-order valence-corrected chi connectivity index (χ3v) is 3.11. The number of nitrogens with two attached hydrogens (primary N) is 1. The van der Waals surface area contributed by atoms with E-state index in [1.807, 2.05) is 27.7 Å². The average Bonchev–Trinajstić information content (AvgIpc) is 2.75. The molecule has 108 valence electrons. The van der Waals surface area contributed by atoms with Gasteiger partial charge in [-0.25, -0.2) is 4.98 Å². The summed E-state index contributed by atoms with van der Waals surface area (Å²) in [5.74, 6) is 1.32. The Morgan fingerprint density at radius 3 is 2.63 bits per heavy atom. The maximum absolute atomic E-state index is 12.0. The van der Waals surface area contributed by atoms with E-state index in [1.165, 1.54) is 0 Å². The van der Waals surface area contributed by atoms with Crippen molar-refractivity contribution in [2.24, 2.45) is 11.7 Å². The number of nitrogens with one attached hydrogen (secondary N) is 1. The topological polar surface area (TPSA) is 81.2 Å². The van der Waals surface area contributed by atoms with Gasteiger partial charge in [0.25, 0.3) is 0 Å². The highest BCUT2D eigenvalue weighted by Crippen LogP contribution is 2.14. The minimum absolute atomic E-state index is 0.0164. The number of hydrogen-bond acceptors (Lipinski definition) is 4. The maximum atomic E-state index is 12.0. The molecule has 0 bridgehead atoms. The quantitative estimate of drug-likeness (QED) is 0.794. The van der Waals surface area contributed by atoms with E-state index in [0.717, 1.165) is 25.0 Å². The normalized spacial score (nSPS) is 15.8. The first kappa shape index (κ1) is 15.7. The van der Waals surface area contributed by atoms with Crippen LogP contribution in [0.1, 0.15) is 57.7 Å². The highest BCUT2D eigenvalue weighted by atomic mass is 16.4. The largest absolute Gasteiger partial charge is 0.444 e. The third-order valence-electron chi connectivity index (χ3n) is 3.11. The third kappa shape index (κ3) is 5.42. The van der Waals surface area contributed by atoms with Crippen molar-refractivity contribution in [3.63, 3.8) is 0 Å². The van der Waals surface area contributed by atoms with Gasteiger partial charge in [0, 0.05) is 12.0 Å². The molecule has 0 aliphatic rings. The molecule has 0 saturated heterocycles. The van der Waals surface area contributed by atoms with Gasteiger partial charge in [-0.2, -0.15) is 0 Å². The van der Waals surface area contributed by atoms with Crippen LogP contribution in [0.5, 0.6) is 0 Å². The summed E-state index contributed by atoms with van der Waals surface area (Å²) >= 11 is 0. The number of rotatable bonds is 7. The minimum atomic E-state index is -0.197. The molecule has 5 heteroatoms. The molecular weight excluding hydrogens is 242 g/mol. The molecule has 3 unspecified atom stereocenters. The van der Waals surface area contributed by atoms with Gasteiger partial charge in [0.15, 0.2) is 0 Å². The molecule has 3 N–H and O–H groups in total. The fourth-order valence-corrected chi connectivity index (χ4v) is 1.87. The SMILES string of the molecule is Cc1cnc(C(C)NC(=O)C(C)CCCC(C)N)o1. The van der Waals surface area contributed by atoms with Gasteiger partial charge in [-0.3, -0.25) is 4.79 Å². The summed E-state index contributed by atoms with van der Waals surface area (Å²) in [7, 11) is 0. The van der Waals surface area contributed by atoms with Crippen LogP contribution in [-0.2, 0) is 4.79 Å². The van der Waals surface area contributed by atoms with E-state index < -0.39 is 0 Å². The zero-order valence-corrected chi connectivity index (χ0v) is 12.3. The van der Waals surface area contributed by atoms with Gasteiger partial charge in [0.2, 0.25) is 11.8 Å². The number of hydrogen-bond donors (Lipinski definition) is 2. The molecule has 1 rings (SSSR count). The number of oxazole rings is 1. The lowest BCUT2D eigenvalue weighted by Crippen LogP contribution is -2.31. The second-order valence-corrected chi connectivity index (χ2v) is 5.35. The number of nitrogens with zero attached hydrogens (tertiary/aromatic N) is 1. The molecule has 5 nitrogen and oxygen atoms in total. The molecule has 1 amide bonds. The van der Waals surface area contributed by atoms with Gasteiger partial charge >= 0.3 is 0 Å². The Morgan fingerprint density at radius 2 is 2.11 bits per heavy atom. The summed E-state index contributed by atoms with van der Waals surface area (Å²) in [6, 6.07) is 0.00145. The fraction of sp³-hybridized carbons (Fsp3) is 0.714. The Hall–Kier alpha value is -1.36. The predicted molar refractivity (Wildman–Crippen MR) is 74.5 cm³/mol. The smallest absolute Gasteiger partial charge is 0.223 e. The lowest BCUT2D eigenvalue weighted by atomic mass is 10.0. The summed E-state index contributed by atoms with van der Waals surface area (Å²) in [6.45, 7) is 7.63. The lowest BCUT2D eigenvalue weighted by Gasteiger charge is -2.15. The van der Waals surface area contributed by atoms with Crippen LogP contribution in [-0.4, -0.2) is 16.9 Å². The summed E-state index contributed by atoms with van der Waals surface area (Å²) in [4.78, 5) is 16.1. The maximum Gasteiger partial charge on any atom is 0.223 e. The number of aromatic nitrogens is 1. The van der Waals surface area contributed by atoms with Crippen molar-refractivity contribution in [1.82, 2.24) is 10.3 Å². The van der Waals surface area contributed by atoms with E-state index in [4.69, 9.17) is 10.2 Å². The van der Waals surface area contributed by atoms with Crippen LogP contribution in [0.25, 0.3) is 0 Å². The molecule has 19 heavy (non-hydrogen) atoms. The Kier molecular flexibility index (Phi) is 6.02. The monoisotopic (exact) mass is 267 g/mol. The second kappa shape index (κ2) is 7.28. The summed E-state index contributed by atoms with van der Waals surface area (Å²) in [5.41, 5.74) is 5.69. The Labute approximate surface area is 115 Å². The summed E-state index contributed by atoms with van der Waals surface area (Å²) in [5, 5.41) is 2.92. The van der Waals surface area contributed by atoms with Crippen LogP contribution in [0, 0.1) is 12.8 Å². The average molecular weight is 267 g/mol. The van der Waals surface area contributed by atoms with Crippen LogP contribution in [0.3, 0.4) is 0 Å². The van der Waals surface area contributed by atoms with Crippen LogP contribution in [0.4, 0.5) is 0 Å². The van der Waals surface area contributed by atoms with Crippen LogP contribution in [0.15, 0.2) is 10.6 Å². The fourth-order valence-electron chi connectivity index (χ4n) is 1.87. The molecule has 0 aliphatic carbocycles. The number of amides is 1. The molecular formula is C14H25N3O2. The molecule has 1 heterocycles.